The lowest BCUT2D eigenvalue weighted by Crippen LogP contribution is -2.55. The number of amides is 1. The summed E-state index contributed by atoms with van der Waals surface area (Å²) in [6.45, 7) is 11.3. The predicted molar refractivity (Wildman–Crippen MR) is 117 cm³/mol. The molecular formula is C23H34N4O7. The summed E-state index contributed by atoms with van der Waals surface area (Å²) in [5.74, 6) is -0.220. The molecule has 2 fully saturated rings. The van der Waals surface area contributed by atoms with Gasteiger partial charge in [0.05, 0.1) is 30.4 Å². The van der Waals surface area contributed by atoms with Gasteiger partial charge in [-0.15, -0.1) is 5.10 Å². The molecule has 1 amide bonds. The SMILES string of the molecule is CCC1OC(OCc2cn(CON3C(=O)C(C)(C)C4C=CC3O4)nn2)C(OC(C)=O)C(C)C1C. The summed E-state index contributed by atoms with van der Waals surface area (Å²) in [5.41, 5.74) is -0.163. The van der Waals surface area contributed by atoms with Crippen LogP contribution in [-0.4, -0.2) is 62.8 Å². The molecule has 2 bridgehead atoms. The third kappa shape index (κ3) is 4.74. The number of carbonyl (C=O) groups excluding carboxylic acids is 2. The highest BCUT2D eigenvalue weighted by Crippen LogP contribution is 2.38. The van der Waals surface area contributed by atoms with Crippen molar-refractivity contribution in [2.75, 3.05) is 0 Å². The third-order valence-electron chi connectivity index (χ3n) is 6.96. The van der Waals surface area contributed by atoms with E-state index in [4.69, 9.17) is 23.8 Å². The fourth-order valence-corrected chi connectivity index (χ4v) is 4.61. The molecule has 3 aliphatic heterocycles. The number of ether oxygens (including phenoxy) is 4. The van der Waals surface area contributed by atoms with Crippen LogP contribution < -0.4 is 0 Å². The fourth-order valence-electron chi connectivity index (χ4n) is 4.61. The second-order valence-electron chi connectivity index (χ2n) is 9.75. The Morgan fingerprint density at radius 1 is 1.21 bits per heavy atom. The van der Waals surface area contributed by atoms with Gasteiger partial charge >= 0.3 is 5.97 Å². The van der Waals surface area contributed by atoms with Crippen molar-refractivity contribution < 1.29 is 33.4 Å². The van der Waals surface area contributed by atoms with Crippen LogP contribution in [0.2, 0.25) is 0 Å². The second-order valence-corrected chi connectivity index (χ2v) is 9.75. The zero-order chi connectivity index (χ0) is 24.6. The summed E-state index contributed by atoms with van der Waals surface area (Å²) < 4.78 is 24.9. The Hall–Kier alpha value is -2.34. The van der Waals surface area contributed by atoms with Gasteiger partial charge in [-0.25, -0.2) is 9.52 Å². The molecule has 4 rings (SSSR count). The summed E-state index contributed by atoms with van der Waals surface area (Å²) in [7, 11) is 0. The van der Waals surface area contributed by atoms with Gasteiger partial charge in [0.1, 0.15) is 5.69 Å². The van der Waals surface area contributed by atoms with Gasteiger partial charge in [-0.3, -0.25) is 9.59 Å². The van der Waals surface area contributed by atoms with Crippen molar-refractivity contribution in [2.24, 2.45) is 17.3 Å². The molecule has 0 radical (unpaired) electrons. The molecule has 0 aromatic carbocycles. The lowest BCUT2D eigenvalue weighted by Gasteiger charge is -2.43. The Balaban J connectivity index is 1.35. The number of esters is 1. The number of fused-ring (bicyclic) bond motifs is 2. The van der Waals surface area contributed by atoms with Crippen LogP contribution in [0.3, 0.4) is 0 Å². The van der Waals surface area contributed by atoms with Crippen molar-refractivity contribution in [3.05, 3.63) is 24.0 Å². The Bertz CT molecular complexity index is 932. The van der Waals surface area contributed by atoms with Crippen LogP contribution in [0.5, 0.6) is 0 Å². The van der Waals surface area contributed by atoms with E-state index in [0.29, 0.717) is 5.69 Å². The van der Waals surface area contributed by atoms with Crippen LogP contribution in [-0.2, 0) is 46.7 Å². The van der Waals surface area contributed by atoms with Gasteiger partial charge in [-0.05, 0) is 32.3 Å². The second kappa shape index (κ2) is 9.73. The molecule has 7 unspecified atom stereocenters. The monoisotopic (exact) mass is 478 g/mol. The molecule has 3 aliphatic rings. The van der Waals surface area contributed by atoms with Gasteiger partial charge in [0.2, 0.25) is 0 Å². The highest BCUT2D eigenvalue weighted by atomic mass is 16.7. The van der Waals surface area contributed by atoms with Gasteiger partial charge in [0.25, 0.3) is 5.91 Å². The first-order valence-corrected chi connectivity index (χ1v) is 11.8. The maximum Gasteiger partial charge on any atom is 0.303 e. The average Bonchev–Trinajstić information content (AvgIpc) is 3.44. The predicted octanol–water partition coefficient (Wildman–Crippen LogP) is 2.17. The molecule has 0 spiro atoms. The smallest absolute Gasteiger partial charge is 0.303 e. The van der Waals surface area contributed by atoms with Gasteiger partial charge in [-0.1, -0.05) is 32.1 Å². The maximum absolute atomic E-state index is 12.8. The molecule has 1 aromatic rings. The molecule has 0 N–H and O–H groups in total. The molecular weight excluding hydrogens is 444 g/mol. The summed E-state index contributed by atoms with van der Waals surface area (Å²) in [6.07, 6.45) is 4.20. The molecule has 7 atom stereocenters. The Kier molecular flexibility index (Phi) is 7.09. The normalized spacial score (nSPS) is 34.5. The Morgan fingerprint density at radius 2 is 1.97 bits per heavy atom. The fraction of sp³-hybridized carbons (Fsp3) is 0.739. The first kappa shape index (κ1) is 24.8. The molecule has 188 valence electrons. The van der Waals surface area contributed by atoms with E-state index in [1.165, 1.54) is 16.7 Å². The highest BCUT2D eigenvalue weighted by Gasteiger charge is 2.50. The van der Waals surface area contributed by atoms with E-state index >= 15 is 0 Å². The lowest BCUT2D eigenvalue weighted by molar-refractivity contribution is -0.281. The molecule has 2 saturated heterocycles. The van der Waals surface area contributed by atoms with Crippen LogP contribution in [0.4, 0.5) is 0 Å². The van der Waals surface area contributed by atoms with E-state index in [1.807, 2.05) is 32.9 Å². The first-order valence-electron chi connectivity index (χ1n) is 11.8. The van der Waals surface area contributed by atoms with E-state index in [-0.39, 0.29) is 49.3 Å². The van der Waals surface area contributed by atoms with Crippen LogP contribution >= 0.6 is 0 Å². The third-order valence-corrected chi connectivity index (χ3v) is 6.96. The largest absolute Gasteiger partial charge is 0.457 e. The number of hydrogen-bond donors (Lipinski definition) is 0. The molecule has 1 aromatic heterocycles. The number of carbonyl (C=O) groups is 2. The molecule has 4 heterocycles. The summed E-state index contributed by atoms with van der Waals surface area (Å²) in [4.78, 5) is 30.1. The Labute approximate surface area is 199 Å². The van der Waals surface area contributed by atoms with Crippen molar-refractivity contribution in [2.45, 2.75) is 92.1 Å². The summed E-state index contributed by atoms with van der Waals surface area (Å²) >= 11 is 0. The number of hydrogen-bond acceptors (Lipinski definition) is 9. The number of nitrogens with zero attached hydrogens (tertiary/aromatic N) is 4. The van der Waals surface area contributed by atoms with Crippen LogP contribution in [0.15, 0.2) is 18.3 Å². The van der Waals surface area contributed by atoms with Crippen molar-refractivity contribution in [3.8, 4) is 0 Å². The van der Waals surface area contributed by atoms with E-state index < -0.39 is 24.0 Å². The van der Waals surface area contributed by atoms with Gasteiger partial charge in [-0.2, -0.15) is 5.06 Å². The average molecular weight is 479 g/mol. The topological polar surface area (TPSA) is 114 Å². The van der Waals surface area contributed by atoms with Crippen molar-refractivity contribution in [1.82, 2.24) is 20.1 Å². The van der Waals surface area contributed by atoms with E-state index in [0.717, 1.165) is 6.42 Å². The molecule has 0 saturated carbocycles. The molecule has 11 nitrogen and oxygen atoms in total. The first-order chi connectivity index (χ1) is 16.1. The quantitative estimate of drug-likeness (QED) is 0.409. The van der Waals surface area contributed by atoms with Gasteiger partial charge in [0, 0.05) is 12.8 Å². The van der Waals surface area contributed by atoms with Crippen molar-refractivity contribution in [1.29, 1.82) is 0 Å². The standard InChI is InChI=1S/C23H34N4O7/c1-7-17-13(2)14(3)20(32-15(4)28)21(33-17)30-11-16-10-26(25-24-16)12-31-27-19-9-8-18(34-19)23(5,6)22(27)29/h8-10,13-14,17-21H,7,11-12H2,1-6H3. The molecule has 11 heteroatoms. The van der Waals surface area contributed by atoms with E-state index in [1.54, 1.807) is 6.20 Å². The zero-order valence-corrected chi connectivity index (χ0v) is 20.5. The molecule has 0 aliphatic carbocycles. The van der Waals surface area contributed by atoms with E-state index in [9.17, 15) is 9.59 Å². The van der Waals surface area contributed by atoms with Crippen molar-refractivity contribution >= 4 is 11.9 Å². The number of hydroxylamine groups is 2. The lowest BCUT2D eigenvalue weighted by atomic mass is 9.82. The zero-order valence-electron chi connectivity index (χ0n) is 20.5. The minimum atomic E-state index is -0.714. The number of rotatable bonds is 8. The van der Waals surface area contributed by atoms with Crippen LogP contribution in [0.1, 0.15) is 53.7 Å². The van der Waals surface area contributed by atoms with Crippen molar-refractivity contribution in [3.63, 3.8) is 0 Å². The van der Waals surface area contributed by atoms with E-state index in [2.05, 4.69) is 24.2 Å². The van der Waals surface area contributed by atoms with Crippen LogP contribution in [0.25, 0.3) is 0 Å². The van der Waals surface area contributed by atoms with Crippen LogP contribution in [0, 0.1) is 17.3 Å². The highest BCUT2D eigenvalue weighted by molar-refractivity contribution is 5.83. The minimum absolute atomic E-state index is 0.00803. The molecule has 34 heavy (non-hydrogen) atoms. The maximum atomic E-state index is 12.8. The number of aromatic nitrogens is 3. The van der Waals surface area contributed by atoms with Gasteiger partial charge in [0.15, 0.2) is 25.4 Å². The van der Waals surface area contributed by atoms with Gasteiger partial charge < -0.3 is 18.9 Å². The minimum Gasteiger partial charge on any atom is -0.457 e. The summed E-state index contributed by atoms with van der Waals surface area (Å²) in [6, 6.07) is 0. The summed E-state index contributed by atoms with van der Waals surface area (Å²) in [5, 5.41) is 9.41. The Morgan fingerprint density at radius 3 is 2.68 bits per heavy atom.